The summed E-state index contributed by atoms with van der Waals surface area (Å²) in [4.78, 5) is 41.9. The molecule has 162 valence electrons. The second-order valence-corrected chi connectivity index (χ2v) is 7.80. The fourth-order valence-electron chi connectivity index (χ4n) is 3.14. The summed E-state index contributed by atoms with van der Waals surface area (Å²) in [7, 11) is 0. The number of hydrogen-bond donors (Lipinski definition) is 1. The topological polar surface area (TPSA) is 90.3 Å². The number of ketones is 1. The van der Waals surface area contributed by atoms with Gasteiger partial charge in [0.25, 0.3) is 5.56 Å². The van der Waals surface area contributed by atoms with Gasteiger partial charge in [0.15, 0.2) is 10.9 Å². The standard InChI is InChI=1S/C23H25N3O4S/c1-3-30-14-8-13-26-22(29)18-10-5-7-12-20(18)25-23(26)31-15-21(28)24-19-11-6-4-9-17(19)16(2)27/h4-7,9-12H,3,8,13-15H2,1-2H3,(H,24,28). The van der Waals surface area contributed by atoms with Gasteiger partial charge in [-0.15, -0.1) is 0 Å². The minimum absolute atomic E-state index is 0.0580. The number of ether oxygens (including phenoxy) is 1. The van der Waals surface area contributed by atoms with E-state index in [9.17, 15) is 14.4 Å². The summed E-state index contributed by atoms with van der Waals surface area (Å²) in [6.45, 7) is 5.00. The highest BCUT2D eigenvalue weighted by atomic mass is 32.2. The summed E-state index contributed by atoms with van der Waals surface area (Å²) in [6.07, 6.45) is 0.666. The Hall–Kier alpha value is -2.97. The van der Waals surface area contributed by atoms with Gasteiger partial charge in [-0.1, -0.05) is 36.0 Å². The lowest BCUT2D eigenvalue weighted by molar-refractivity contribution is -0.113. The Kier molecular flexibility index (Phi) is 7.97. The van der Waals surface area contributed by atoms with Crippen LogP contribution in [-0.4, -0.2) is 40.2 Å². The van der Waals surface area contributed by atoms with Gasteiger partial charge in [0, 0.05) is 25.3 Å². The van der Waals surface area contributed by atoms with Gasteiger partial charge in [-0.05, 0) is 44.5 Å². The van der Waals surface area contributed by atoms with Crippen LogP contribution < -0.4 is 10.9 Å². The quantitative estimate of drug-likeness (QED) is 0.224. The molecule has 2 aromatic carbocycles. The maximum Gasteiger partial charge on any atom is 0.262 e. The molecule has 0 saturated heterocycles. The first kappa shape index (κ1) is 22.7. The molecule has 1 aromatic heterocycles. The first-order chi connectivity index (χ1) is 15.0. The highest BCUT2D eigenvalue weighted by molar-refractivity contribution is 7.99. The SMILES string of the molecule is CCOCCCn1c(SCC(=O)Nc2ccccc2C(C)=O)nc2ccccc2c1=O. The van der Waals surface area contributed by atoms with Crippen LogP contribution in [-0.2, 0) is 16.1 Å². The molecule has 0 spiro atoms. The van der Waals surface area contributed by atoms with Crippen molar-refractivity contribution in [2.75, 3.05) is 24.3 Å². The van der Waals surface area contributed by atoms with Crippen LogP contribution in [0, 0.1) is 0 Å². The van der Waals surface area contributed by atoms with Crippen molar-refractivity contribution in [3.8, 4) is 0 Å². The molecule has 3 aromatic rings. The summed E-state index contributed by atoms with van der Waals surface area (Å²) in [5, 5.41) is 3.80. The van der Waals surface area contributed by atoms with Crippen molar-refractivity contribution in [1.82, 2.24) is 9.55 Å². The smallest absolute Gasteiger partial charge is 0.262 e. The average molecular weight is 440 g/mol. The van der Waals surface area contributed by atoms with Crippen LogP contribution in [0.4, 0.5) is 5.69 Å². The van der Waals surface area contributed by atoms with E-state index in [1.54, 1.807) is 41.0 Å². The maximum absolute atomic E-state index is 13.0. The van der Waals surface area contributed by atoms with Crippen LogP contribution in [0.25, 0.3) is 10.9 Å². The molecule has 0 aliphatic heterocycles. The highest BCUT2D eigenvalue weighted by Crippen LogP contribution is 2.20. The van der Waals surface area contributed by atoms with Crippen LogP contribution in [0.5, 0.6) is 0 Å². The lowest BCUT2D eigenvalue weighted by Gasteiger charge is -2.13. The molecule has 0 radical (unpaired) electrons. The number of rotatable bonds is 10. The number of fused-ring (bicyclic) bond motifs is 1. The molecule has 8 heteroatoms. The zero-order valence-corrected chi connectivity index (χ0v) is 18.4. The van der Waals surface area contributed by atoms with E-state index in [1.807, 2.05) is 19.1 Å². The predicted molar refractivity (Wildman–Crippen MR) is 123 cm³/mol. The van der Waals surface area contributed by atoms with Gasteiger partial charge in [-0.3, -0.25) is 19.0 Å². The highest BCUT2D eigenvalue weighted by Gasteiger charge is 2.14. The lowest BCUT2D eigenvalue weighted by Crippen LogP contribution is -2.25. The molecule has 0 saturated carbocycles. The van der Waals surface area contributed by atoms with Crippen molar-refractivity contribution < 1.29 is 14.3 Å². The third-order valence-corrected chi connectivity index (χ3v) is 5.59. The Bertz CT molecular complexity index is 1140. The van der Waals surface area contributed by atoms with Gasteiger partial charge in [0.1, 0.15) is 0 Å². The number of anilines is 1. The predicted octanol–water partition coefficient (Wildman–Crippen LogP) is 3.76. The van der Waals surface area contributed by atoms with Gasteiger partial charge >= 0.3 is 0 Å². The summed E-state index contributed by atoms with van der Waals surface area (Å²) in [5.74, 6) is -0.340. The molecule has 7 nitrogen and oxygen atoms in total. The third-order valence-electron chi connectivity index (χ3n) is 4.61. The molecular weight excluding hydrogens is 414 g/mol. The Morgan fingerprint density at radius 1 is 1.13 bits per heavy atom. The van der Waals surface area contributed by atoms with Crippen molar-refractivity contribution in [2.45, 2.75) is 32.0 Å². The van der Waals surface area contributed by atoms with Crippen molar-refractivity contribution >= 4 is 40.0 Å². The zero-order valence-electron chi connectivity index (χ0n) is 17.6. The van der Waals surface area contributed by atoms with Gasteiger partial charge in [0.05, 0.1) is 22.3 Å². The van der Waals surface area contributed by atoms with Crippen molar-refractivity contribution in [2.24, 2.45) is 0 Å². The average Bonchev–Trinajstić information content (AvgIpc) is 2.77. The van der Waals surface area contributed by atoms with Crippen LogP contribution in [0.1, 0.15) is 30.6 Å². The fourth-order valence-corrected chi connectivity index (χ4v) is 3.96. The Labute approximate surface area is 184 Å². The Balaban J connectivity index is 1.79. The number of nitrogens with zero attached hydrogens (tertiary/aromatic N) is 2. The molecule has 0 aliphatic rings. The molecule has 0 unspecified atom stereocenters. The molecule has 0 bridgehead atoms. The molecule has 3 rings (SSSR count). The van der Waals surface area contributed by atoms with Crippen LogP contribution in [0.15, 0.2) is 58.5 Å². The van der Waals surface area contributed by atoms with Crippen LogP contribution in [0.2, 0.25) is 0 Å². The van der Waals surface area contributed by atoms with E-state index >= 15 is 0 Å². The molecule has 1 amide bonds. The molecule has 1 heterocycles. The second kappa shape index (κ2) is 10.9. The minimum atomic E-state index is -0.276. The molecular formula is C23H25N3O4S. The van der Waals surface area contributed by atoms with Crippen molar-refractivity contribution in [1.29, 1.82) is 0 Å². The number of para-hydroxylation sites is 2. The molecule has 0 atom stereocenters. The number of Topliss-reactive ketones (excluding diaryl/α,β-unsaturated/α-hetero) is 1. The molecule has 0 aliphatic carbocycles. The number of carbonyl (C=O) groups excluding carboxylic acids is 2. The monoisotopic (exact) mass is 439 g/mol. The maximum atomic E-state index is 13.0. The number of nitrogens with one attached hydrogen (secondary N) is 1. The number of aromatic nitrogens is 2. The Morgan fingerprint density at radius 2 is 1.87 bits per heavy atom. The van der Waals surface area contributed by atoms with Crippen LogP contribution in [0.3, 0.4) is 0 Å². The number of amides is 1. The van der Waals surface area contributed by atoms with Gasteiger partial charge < -0.3 is 10.1 Å². The first-order valence-electron chi connectivity index (χ1n) is 10.1. The van der Waals surface area contributed by atoms with Crippen LogP contribution >= 0.6 is 11.8 Å². The zero-order chi connectivity index (χ0) is 22.2. The summed E-state index contributed by atoms with van der Waals surface area (Å²) in [6, 6.07) is 14.1. The van der Waals surface area contributed by atoms with E-state index in [4.69, 9.17) is 4.74 Å². The summed E-state index contributed by atoms with van der Waals surface area (Å²) >= 11 is 1.20. The fraction of sp³-hybridized carbons (Fsp3) is 0.304. The second-order valence-electron chi connectivity index (χ2n) is 6.86. The van der Waals surface area contributed by atoms with Crippen molar-refractivity contribution in [3.63, 3.8) is 0 Å². The Morgan fingerprint density at radius 3 is 2.65 bits per heavy atom. The van der Waals surface area contributed by atoms with E-state index in [0.29, 0.717) is 53.5 Å². The van der Waals surface area contributed by atoms with Crippen molar-refractivity contribution in [3.05, 3.63) is 64.4 Å². The number of thioether (sulfide) groups is 1. The van der Waals surface area contributed by atoms with E-state index < -0.39 is 0 Å². The largest absolute Gasteiger partial charge is 0.382 e. The normalized spacial score (nSPS) is 10.9. The summed E-state index contributed by atoms with van der Waals surface area (Å²) in [5.41, 5.74) is 1.39. The number of benzene rings is 2. The number of hydrogen-bond acceptors (Lipinski definition) is 6. The van der Waals surface area contributed by atoms with Gasteiger partial charge in [-0.2, -0.15) is 0 Å². The lowest BCUT2D eigenvalue weighted by atomic mass is 10.1. The van der Waals surface area contributed by atoms with Gasteiger partial charge in [-0.25, -0.2) is 4.98 Å². The van der Waals surface area contributed by atoms with E-state index in [1.165, 1.54) is 18.7 Å². The first-order valence-corrected chi connectivity index (χ1v) is 11.1. The molecule has 0 fully saturated rings. The van der Waals surface area contributed by atoms with E-state index in [-0.39, 0.29) is 23.0 Å². The third kappa shape index (κ3) is 5.80. The minimum Gasteiger partial charge on any atom is -0.382 e. The van der Waals surface area contributed by atoms with E-state index in [2.05, 4.69) is 10.3 Å². The molecule has 31 heavy (non-hydrogen) atoms. The van der Waals surface area contributed by atoms with Gasteiger partial charge in [0.2, 0.25) is 5.91 Å². The molecule has 1 N–H and O–H groups in total. The number of carbonyl (C=O) groups is 2. The summed E-state index contributed by atoms with van der Waals surface area (Å²) < 4.78 is 6.98. The van der Waals surface area contributed by atoms with E-state index in [0.717, 1.165) is 0 Å².